The molecule has 0 radical (unpaired) electrons. The summed E-state index contributed by atoms with van der Waals surface area (Å²) < 4.78 is 11.4. The van der Waals surface area contributed by atoms with E-state index in [9.17, 15) is 0 Å². The first kappa shape index (κ1) is 19.5. The van der Waals surface area contributed by atoms with Crippen molar-refractivity contribution in [2.24, 2.45) is 4.99 Å². The van der Waals surface area contributed by atoms with Gasteiger partial charge in [-0.3, -0.25) is 4.99 Å². The fourth-order valence-corrected chi connectivity index (χ4v) is 3.54. The van der Waals surface area contributed by atoms with Crippen LogP contribution in [0.15, 0.2) is 28.6 Å². The van der Waals surface area contributed by atoms with Crippen LogP contribution in [0.1, 0.15) is 43.8 Å². The fraction of sp³-hybridized carbons (Fsp3) is 0.500. The van der Waals surface area contributed by atoms with E-state index in [0.29, 0.717) is 25.7 Å². The van der Waals surface area contributed by atoms with Crippen molar-refractivity contribution in [2.75, 3.05) is 31.6 Å². The lowest BCUT2D eigenvalue weighted by molar-refractivity contribution is 0.297. The van der Waals surface area contributed by atoms with Gasteiger partial charge in [-0.15, -0.1) is 11.3 Å². The Bertz CT molecular complexity index is 773. The Hall–Kier alpha value is -2.28. The van der Waals surface area contributed by atoms with Crippen LogP contribution in [0.5, 0.6) is 11.5 Å². The summed E-state index contributed by atoms with van der Waals surface area (Å²) in [6.45, 7) is 9.24. The Balaban J connectivity index is 1.62. The highest BCUT2D eigenvalue weighted by molar-refractivity contribution is 7.09. The van der Waals surface area contributed by atoms with Crippen LogP contribution in [-0.2, 0) is 6.42 Å². The van der Waals surface area contributed by atoms with Gasteiger partial charge in [0.2, 0.25) is 0 Å². The number of rotatable bonds is 6. The average Bonchev–Trinajstić information content (AvgIpc) is 3.00. The van der Waals surface area contributed by atoms with Crippen molar-refractivity contribution in [1.29, 1.82) is 0 Å². The molecule has 1 aliphatic rings. The zero-order valence-electron chi connectivity index (χ0n) is 16.2. The highest BCUT2D eigenvalue weighted by atomic mass is 32.1. The topological polar surface area (TPSA) is 67.8 Å². The Labute approximate surface area is 165 Å². The van der Waals surface area contributed by atoms with Gasteiger partial charge in [-0.2, -0.15) is 0 Å². The van der Waals surface area contributed by atoms with E-state index >= 15 is 0 Å². The Morgan fingerprint density at radius 2 is 2.07 bits per heavy atom. The number of hydrogen-bond acceptors (Lipinski definition) is 5. The molecule has 7 heteroatoms. The number of anilines is 1. The van der Waals surface area contributed by atoms with Crippen LogP contribution in [0, 0.1) is 0 Å². The summed E-state index contributed by atoms with van der Waals surface area (Å²) in [4.78, 5) is 9.35. The zero-order valence-corrected chi connectivity index (χ0v) is 17.1. The van der Waals surface area contributed by atoms with Crippen LogP contribution in [0.25, 0.3) is 0 Å². The molecule has 0 bridgehead atoms. The lowest BCUT2D eigenvalue weighted by Gasteiger charge is -2.13. The van der Waals surface area contributed by atoms with Crippen molar-refractivity contribution in [3.8, 4) is 11.5 Å². The minimum atomic E-state index is 0.477. The maximum absolute atomic E-state index is 5.76. The summed E-state index contributed by atoms with van der Waals surface area (Å²) in [5.74, 6) is 2.80. The third kappa shape index (κ3) is 5.60. The van der Waals surface area contributed by atoms with E-state index < -0.39 is 0 Å². The summed E-state index contributed by atoms with van der Waals surface area (Å²) in [7, 11) is 0. The predicted octanol–water partition coefficient (Wildman–Crippen LogP) is 4.05. The summed E-state index contributed by atoms with van der Waals surface area (Å²) >= 11 is 1.73. The van der Waals surface area contributed by atoms with Crippen LogP contribution < -0.4 is 20.1 Å². The van der Waals surface area contributed by atoms with Crippen LogP contribution in [0.4, 0.5) is 5.69 Å². The van der Waals surface area contributed by atoms with Gasteiger partial charge in [-0.1, -0.05) is 13.8 Å². The van der Waals surface area contributed by atoms with Crippen LogP contribution in [0.2, 0.25) is 0 Å². The first-order chi connectivity index (χ1) is 13.2. The van der Waals surface area contributed by atoms with Crippen molar-refractivity contribution >= 4 is 23.0 Å². The number of ether oxygens (including phenoxy) is 2. The third-order valence-corrected chi connectivity index (χ3v) is 5.25. The van der Waals surface area contributed by atoms with E-state index in [1.807, 2.05) is 18.2 Å². The second-order valence-corrected chi connectivity index (χ2v) is 7.57. The molecule has 0 amide bonds. The number of nitrogens with one attached hydrogen (secondary N) is 2. The molecule has 0 spiro atoms. The average molecular weight is 389 g/mol. The fourth-order valence-electron chi connectivity index (χ4n) is 2.67. The Kier molecular flexibility index (Phi) is 6.92. The van der Waals surface area contributed by atoms with Crippen LogP contribution in [-0.4, -0.2) is 37.2 Å². The molecule has 0 unspecified atom stereocenters. The molecule has 146 valence electrons. The number of guanidine groups is 1. The van der Waals surface area contributed by atoms with Crippen molar-refractivity contribution < 1.29 is 9.47 Å². The normalized spacial score (nSPS) is 14.1. The number of thiazole rings is 1. The Morgan fingerprint density at radius 1 is 1.26 bits per heavy atom. The van der Waals surface area contributed by atoms with Crippen LogP contribution in [0.3, 0.4) is 0 Å². The minimum absolute atomic E-state index is 0.477. The Morgan fingerprint density at radius 3 is 2.81 bits per heavy atom. The van der Waals surface area contributed by atoms with E-state index in [4.69, 9.17) is 9.47 Å². The molecule has 0 fully saturated rings. The molecule has 6 nitrogen and oxygen atoms in total. The first-order valence-electron chi connectivity index (χ1n) is 9.55. The first-order valence-corrected chi connectivity index (χ1v) is 10.4. The summed E-state index contributed by atoms with van der Waals surface area (Å²) in [5, 5.41) is 9.95. The SMILES string of the molecule is CCNC(=NCCc1csc(C(C)C)n1)Nc1ccc2c(c1)OCCCO2. The minimum Gasteiger partial charge on any atom is -0.490 e. The maximum Gasteiger partial charge on any atom is 0.195 e. The molecule has 0 atom stereocenters. The molecule has 2 aromatic rings. The second kappa shape index (κ2) is 9.60. The molecule has 1 aliphatic heterocycles. The van der Waals surface area contributed by atoms with Gasteiger partial charge in [-0.25, -0.2) is 4.98 Å². The number of benzene rings is 1. The number of nitrogens with zero attached hydrogens (tertiary/aromatic N) is 2. The van der Waals surface area contributed by atoms with Gasteiger partial charge in [0.15, 0.2) is 17.5 Å². The van der Waals surface area contributed by atoms with E-state index in [1.54, 1.807) is 11.3 Å². The van der Waals surface area contributed by atoms with E-state index in [1.165, 1.54) is 5.01 Å². The number of aliphatic imine (C=N–C) groups is 1. The van der Waals surface area contributed by atoms with E-state index in [2.05, 4.69) is 46.8 Å². The molecule has 1 aromatic carbocycles. The standard InChI is InChI=1S/C20H28N4O2S/c1-4-21-20(22-9-8-16-13-27-19(23-16)14(2)3)24-15-6-7-17-18(12-15)26-11-5-10-25-17/h6-7,12-14H,4-5,8-11H2,1-3H3,(H2,21,22,24). The highest BCUT2D eigenvalue weighted by Gasteiger charge is 2.11. The second-order valence-electron chi connectivity index (χ2n) is 6.68. The van der Waals surface area contributed by atoms with Gasteiger partial charge in [0, 0.05) is 49.0 Å². The molecular formula is C20H28N4O2S. The van der Waals surface area contributed by atoms with E-state index in [-0.39, 0.29) is 0 Å². The van der Waals surface area contributed by atoms with E-state index in [0.717, 1.165) is 48.2 Å². The highest BCUT2D eigenvalue weighted by Crippen LogP contribution is 2.32. The van der Waals surface area contributed by atoms with Crippen molar-refractivity contribution in [1.82, 2.24) is 10.3 Å². The molecule has 1 aromatic heterocycles. The number of aromatic nitrogens is 1. The monoisotopic (exact) mass is 388 g/mol. The van der Waals surface area contributed by atoms with Gasteiger partial charge < -0.3 is 20.1 Å². The molecule has 2 heterocycles. The summed E-state index contributed by atoms with van der Waals surface area (Å²) in [6.07, 6.45) is 1.73. The summed E-state index contributed by atoms with van der Waals surface area (Å²) in [6, 6.07) is 5.88. The number of hydrogen-bond donors (Lipinski definition) is 2. The maximum atomic E-state index is 5.76. The van der Waals surface area contributed by atoms with Gasteiger partial charge >= 0.3 is 0 Å². The zero-order chi connectivity index (χ0) is 19.1. The van der Waals surface area contributed by atoms with Gasteiger partial charge in [0.1, 0.15) is 0 Å². The van der Waals surface area contributed by atoms with Crippen molar-refractivity contribution in [3.63, 3.8) is 0 Å². The molecule has 0 saturated heterocycles. The van der Waals surface area contributed by atoms with Crippen LogP contribution >= 0.6 is 11.3 Å². The number of fused-ring (bicyclic) bond motifs is 1. The largest absolute Gasteiger partial charge is 0.490 e. The molecule has 27 heavy (non-hydrogen) atoms. The smallest absolute Gasteiger partial charge is 0.195 e. The van der Waals surface area contributed by atoms with Gasteiger partial charge in [0.05, 0.1) is 23.9 Å². The summed E-state index contributed by atoms with van der Waals surface area (Å²) in [5.41, 5.74) is 2.04. The molecule has 0 saturated carbocycles. The predicted molar refractivity (Wildman–Crippen MR) is 112 cm³/mol. The molecule has 2 N–H and O–H groups in total. The van der Waals surface area contributed by atoms with Gasteiger partial charge in [0.25, 0.3) is 0 Å². The van der Waals surface area contributed by atoms with Crippen molar-refractivity contribution in [3.05, 3.63) is 34.3 Å². The molecular weight excluding hydrogens is 360 g/mol. The lowest BCUT2D eigenvalue weighted by Crippen LogP contribution is -2.30. The van der Waals surface area contributed by atoms with Crippen molar-refractivity contribution in [2.45, 2.75) is 39.5 Å². The quantitative estimate of drug-likeness (QED) is 0.577. The van der Waals surface area contributed by atoms with Gasteiger partial charge in [-0.05, 0) is 19.1 Å². The third-order valence-electron chi connectivity index (χ3n) is 4.06. The molecule has 3 rings (SSSR count). The molecule has 0 aliphatic carbocycles. The lowest BCUT2D eigenvalue weighted by atomic mass is 10.2.